The number of nitrogens with two attached hydrogens (primary N) is 1. The molecule has 1 aliphatic heterocycles. The molecule has 2 atom stereocenters. The predicted molar refractivity (Wildman–Crippen MR) is 65.7 cm³/mol. The number of thiophene rings is 1. The summed E-state index contributed by atoms with van der Waals surface area (Å²) in [5.41, 5.74) is 3.88. The highest BCUT2D eigenvalue weighted by molar-refractivity contribution is 9.10. The van der Waals surface area contributed by atoms with E-state index < -0.39 is 0 Å². The van der Waals surface area contributed by atoms with Crippen LogP contribution in [0.15, 0.2) is 15.2 Å². The van der Waals surface area contributed by atoms with Gasteiger partial charge in [-0.3, -0.25) is 11.3 Å². The molecule has 0 radical (unpaired) electrons. The second kappa shape index (κ2) is 4.51. The van der Waals surface area contributed by atoms with Gasteiger partial charge in [-0.1, -0.05) is 0 Å². The molecule has 0 amide bonds. The molecule has 1 fully saturated rings. The van der Waals surface area contributed by atoms with Crippen LogP contribution in [0.3, 0.4) is 0 Å². The Kier molecular flexibility index (Phi) is 3.47. The highest BCUT2D eigenvalue weighted by Gasteiger charge is 2.39. The zero-order valence-electron chi connectivity index (χ0n) is 8.63. The second-order valence-corrected chi connectivity index (χ2v) is 5.64. The van der Waals surface area contributed by atoms with Crippen LogP contribution in [0.25, 0.3) is 0 Å². The summed E-state index contributed by atoms with van der Waals surface area (Å²) < 4.78 is 6.92. The Balaban J connectivity index is 2.27. The normalized spacial score (nSPS) is 28.2. The minimum Gasteiger partial charge on any atom is -0.373 e. The molecule has 1 saturated heterocycles. The lowest BCUT2D eigenvalue weighted by atomic mass is 9.89. The summed E-state index contributed by atoms with van der Waals surface area (Å²) >= 11 is 5.21. The Morgan fingerprint density at radius 1 is 1.67 bits per heavy atom. The number of hydrogen-bond donors (Lipinski definition) is 2. The van der Waals surface area contributed by atoms with Gasteiger partial charge in [0.2, 0.25) is 0 Å². The van der Waals surface area contributed by atoms with E-state index in [0.717, 1.165) is 23.9 Å². The van der Waals surface area contributed by atoms with Crippen molar-refractivity contribution < 1.29 is 4.74 Å². The molecule has 84 valence electrons. The van der Waals surface area contributed by atoms with E-state index in [1.165, 1.54) is 5.56 Å². The second-order valence-electron chi connectivity index (χ2n) is 4.04. The van der Waals surface area contributed by atoms with Crippen molar-refractivity contribution >= 4 is 27.3 Å². The molecule has 0 aromatic carbocycles. The standard InChI is InChI=1S/C10H15BrN2OS/c1-10(3-2-4-14-10)9(13-12)7-5-15-6-8(7)11/h5-6,9,13H,2-4,12H2,1H3. The van der Waals surface area contributed by atoms with Crippen molar-refractivity contribution in [3.05, 3.63) is 20.8 Å². The molecule has 0 spiro atoms. The molecular weight excluding hydrogens is 276 g/mol. The summed E-state index contributed by atoms with van der Waals surface area (Å²) in [6, 6.07) is 0.0561. The van der Waals surface area contributed by atoms with Crippen LogP contribution in [0.1, 0.15) is 31.4 Å². The van der Waals surface area contributed by atoms with E-state index in [-0.39, 0.29) is 11.6 Å². The minimum atomic E-state index is -0.182. The van der Waals surface area contributed by atoms with Gasteiger partial charge in [0.15, 0.2) is 0 Å². The third-order valence-corrected chi connectivity index (χ3v) is 4.73. The minimum absolute atomic E-state index is 0.0561. The van der Waals surface area contributed by atoms with Gasteiger partial charge in [-0.05, 0) is 46.6 Å². The average Bonchev–Trinajstić information content (AvgIpc) is 2.79. The number of halogens is 1. The molecule has 3 nitrogen and oxygen atoms in total. The van der Waals surface area contributed by atoms with E-state index >= 15 is 0 Å². The SMILES string of the molecule is CC1(C(NN)c2cscc2Br)CCCO1. The Morgan fingerprint density at radius 3 is 2.93 bits per heavy atom. The van der Waals surface area contributed by atoms with E-state index in [1.54, 1.807) is 11.3 Å². The van der Waals surface area contributed by atoms with Gasteiger partial charge in [0.05, 0.1) is 11.6 Å². The number of rotatable bonds is 3. The van der Waals surface area contributed by atoms with Crippen LogP contribution in [0, 0.1) is 0 Å². The first kappa shape index (κ1) is 11.5. The molecule has 0 aliphatic carbocycles. The fourth-order valence-corrected chi connectivity index (χ4v) is 3.67. The Hall–Kier alpha value is 0.0600. The summed E-state index contributed by atoms with van der Waals surface area (Å²) in [5.74, 6) is 5.65. The van der Waals surface area contributed by atoms with Gasteiger partial charge in [0.25, 0.3) is 0 Å². The third-order valence-electron chi connectivity index (χ3n) is 2.98. The molecule has 2 unspecified atom stereocenters. The molecule has 5 heteroatoms. The lowest BCUT2D eigenvalue weighted by Gasteiger charge is -2.32. The summed E-state index contributed by atoms with van der Waals surface area (Å²) in [4.78, 5) is 0. The zero-order valence-corrected chi connectivity index (χ0v) is 11.0. The lowest BCUT2D eigenvalue weighted by Crippen LogP contribution is -2.44. The molecule has 1 aliphatic rings. The van der Waals surface area contributed by atoms with E-state index in [1.807, 2.05) is 0 Å². The van der Waals surface area contributed by atoms with Crippen LogP contribution in [-0.4, -0.2) is 12.2 Å². The Bertz CT molecular complexity index is 336. The monoisotopic (exact) mass is 290 g/mol. The van der Waals surface area contributed by atoms with Crippen molar-refractivity contribution in [2.24, 2.45) is 5.84 Å². The highest BCUT2D eigenvalue weighted by Crippen LogP contribution is 2.40. The summed E-state index contributed by atoms with van der Waals surface area (Å²) in [6.45, 7) is 2.95. The van der Waals surface area contributed by atoms with Crippen molar-refractivity contribution in [2.75, 3.05) is 6.61 Å². The zero-order chi connectivity index (χ0) is 10.9. The van der Waals surface area contributed by atoms with E-state index in [2.05, 4.69) is 39.0 Å². The van der Waals surface area contributed by atoms with Crippen molar-refractivity contribution in [2.45, 2.75) is 31.4 Å². The molecule has 2 heterocycles. The molecule has 0 saturated carbocycles. The maximum absolute atomic E-state index is 5.81. The third kappa shape index (κ3) is 2.12. The number of ether oxygens (including phenoxy) is 1. The smallest absolute Gasteiger partial charge is 0.0862 e. The van der Waals surface area contributed by atoms with Gasteiger partial charge in [0, 0.05) is 16.5 Å². The van der Waals surface area contributed by atoms with E-state index in [0.29, 0.717) is 0 Å². The van der Waals surface area contributed by atoms with Gasteiger partial charge in [-0.25, -0.2) is 0 Å². The van der Waals surface area contributed by atoms with Crippen LogP contribution in [0.2, 0.25) is 0 Å². The van der Waals surface area contributed by atoms with Gasteiger partial charge in [0.1, 0.15) is 0 Å². The number of hydrogen-bond acceptors (Lipinski definition) is 4. The van der Waals surface area contributed by atoms with Crippen LogP contribution < -0.4 is 11.3 Å². The molecule has 3 N–H and O–H groups in total. The van der Waals surface area contributed by atoms with Crippen molar-refractivity contribution in [1.29, 1.82) is 0 Å². The van der Waals surface area contributed by atoms with Crippen molar-refractivity contribution in [3.8, 4) is 0 Å². The Morgan fingerprint density at radius 2 is 2.47 bits per heavy atom. The maximum Gasteiger partial charge on any atom is 0.0862 e. The van der Waals surface area contributed by atoms with Gasteiger partial charge in [-0.15, -0.1) is 0 Å². The van der Waals surface area contributed by atoms with E-state index in [4.69, 9.17) is 10.6 Å². The average molecular weight is 291 g/mol. The quantitative estimate of drug-likeness (QED) is 0.664. The molecule has 1 aromatic rings. The molecule has 0 bridgehead atoms. The maximum atomic E-state index is 5.81. The number of hydrazine groups is 1. The predicted octanol–water partition coefficient (Wildman–Crippen LogP) is 2.58. The van der Waals surface area contributed by atoms with E-state index in [9.17, 15) is 0 Å². The molecule has 1 aromatic heterocycles. The topological polar surface area (TPSA) is 47.3 Å². The molecule has 2 rings (SSSR count). The molecular formula is C10H15BrN2OS. The van der Waals surface area contributed by atoms with Crippen molar-refractivity contribution in [1.82, 2.24) is 5.43 Å². The first-order chi connectivity index (χ1) is 7.17. The lowest BCUT2D eigenvalue weighted by molar-refractivity contribution is -0.0126. The van der Waals surface area contributed by atoms with Gasteiger partial charge < -0.3 is 4.74 Å². The summed E-state index contributed by atoms with van der Waals surface area (Å²) in [7, 11) is 0. The highest BCUT2D eigenvalue weighted by atomic mass is 79.9. The van der Waals surface area contributed by atoms with Gasteiger partial charge in [-0.2, -0.15) is 11.3 Å². The van der Waals surface area contributed by atoms with Crippen LogP contribution in [0.5, 0.6) is 0 Å². The first-order valence-electron chi connectivity index (χ1n) is 4.99. The summed E-state index contributed by atoms with van der Waals surface area (Å²) in [6.07, 6.45) is 2.15. The first-order valence-corrected chi connectivity index (χ1v) is 6.72. The van der Waals surface area contributed by atoms with Crippen LogP contribution >= 0.6 is 27.3 Å². The van der Waals surface area contributed by atoms with Crippen molar-refractivity contribution in [3.63, 3.8) is 0 Å². The molecule has 15 heavy (non-hydrogen) atoms. The fourth-order valence-electron chi connectivity index (χ4n) is 2.12. The largest absolute Gasteiger partial charge is 0.373 e. The summed E-state index contributed by atoms with van der Waals surface area (Å²) in [5, 5.41) is 4.18. The van der Waals surface area contributed by atoms with Gasteiger partial charge >= 0.3 is 0 Å². The Labute approximate surface area is 102 Å². The number of nitrogens with one attached hydrogen (secondary N) is 1. The van der Waals surface area contributed by atoms with Crippen LogP contribution in [-0.2, 0) is 4.74 Å². The fraction of sp³-hybridized carbons (Fsp3) is 0.600. The van der Waals surface area contributed by atoms with Crippen LogP contribution in [0.4, 0.5) is 0 Å².